The summed E-state index contributed by atoms with van der Waals surface area (Å²) in [5.41, 5.74) is 0.592. The Morgan fingerprint density at radius 2 is 2.44 bits per heavy atom. The number of rotatable bonds is 3. The van der Waals surface area contributed by atoms with Gasteiger partial charge >= 0.3 is 5.69 Å². The Morgan fingerprint density at radius 3 is 3.06 bits per heavy atom. The van der Waals surface area contributed by atoms with Gasteiger partial charge < -0.3 is 5.11 Å². The third kappa shape index (κ3) is 1.76. The molecule has 2 N–H and O–H groups in total. The first-order chi connectivity index (χ1) is 7.67. The first-order valence-corrected chi connectivity index (χ1v) is 5.70. The molecule has 0 aliphatic rings. The molecule has 1 atom stereocenters. The predicted octanol–water partition coefficient (Wildman–Crippen LogP) is 0.825. The number of aromatic amines is 1. The molecule has 86 valence electrons. The molecule has 16 heavy (non-hydrogen) atoms. The third-order valence-corrected chi connectivity index (χ3v) is 2.83. The van der Waals surface area contributed by atoms with Crippen molar-refractivity contribution < 1.29 is 5.11 Å². The zero-order valence-electron chi connectivity index (χ0n) is 8.64. The summed E-state index contributed by atoms with van der Waals surface area (Å²) in [6.45, 7) is 1.80. The zero-order valence-corrected chi connectivity index (χ0v) is 10.2. The van der Waals surface area contributed by atoms with Gasteiger partial charge in [0.05, 0.1) is 18.8 Å². The number of halogens is 1. The quantitative estimate of drug-likeness (QED) is 0.875. The highest BCUT2D eigenvalue weighted by Gasteiger charge is 2.16. The fourth-order valence-corrected chi connectivity index (χ4v) is 1.87. The molecule has 7 heteroatoms. The second kappa shape index (κ2) is 4.34. The Hall–Kier alpha value is -1.21. The minimum Gasteiger partial charge on any atom is -0.394 e. The molecule has 6 nitrogen and oxygen atoms in total. The van der Waals surface area contributed by atoms with Gasteiger partial charge in [-0.2, -0.15) is 0 Å². The van der Waals surface area contributed by atoms with Crippen LogP contribution in [0.5, 0.6) is 0 Å². The smallest absolute Gasteiger partial charge is 0.329 e. The van der Waals surface area contributed by atoms with E-state index in [0.29, 0.717) is 22.3 Å². The second-order valence-corrected chi connectivity index (χ2v) is 4.22. The number of nitrogens with zero attached hydrogens (tertiary/aromatic N) is 3. The van der Waals surface area contributed by atoms with Gasteiger partial charge in [0.25, 0.3) is 0 Å². The van der Waals surface area contributed by atoms with E-state index in [1.807, 2.05) is 6.92 Å². The first-order valence-electron chi connectivity index (χ1n) is 4.91. The van der Waals surface area contributed by atoms with Gasteiger partial charge in [-0.3, -0.25) is 9.55 Å². The molecule has 0 unspecified atom stereocenters. The number of hydrogen-bond acceptors (Lipinski definition) is 4. The molecule has 0 amide bonds. The van der Waals surface area contributed by atoms with E-state index >= 15 is 0 Å². The topological polar surface area (TPSA) is 83.8 Å². The zero-order chi connectivity index (χ0) is 11.7. The monoisotopic (exact) mass is 286 g/mol. The fourth-order valence-electron chi connectivity index (χ4n) is 1.60. The maximum absolute atomic E-state index is 11.7. The van der Waals surface area contributed by atoms with Crippen LogP contribution in [0, 0.1) is 0 Å². The number of hydrogen-bond donors (Lipinski definition) is 2. The van der Waals surface area contributed by atoms with E-state index in [4.69, 9.17) is 0 Å². The summed E-state index contributed by atoms with van der Waals surface area (Å²) in [4.78, 5) is 22.5. The highest BCUT2D eigenvalue weighted by molar-refractivity contribution is 9.10. The molecule has 0 saturated carbocycles. The number of H-pyrrole nitrogens is 1. The molecule has 0 spiro atoms. The molecular weight excluding hydrogens is 276 g/mol. The van der Waals surface area contributed by atoms with Gasteiger partial charge in [0.2, 0.25) is 0 Å². The van der Waals surface area contributed by atoms with E-state index < -0.39 is 0 Å². The predicted molar refractivity (Wildman–Crippen MR) is 62.3 cm³/mol. The number of aliphatic hydroxyl groups excluding tert-OH is 1. The summed E-state index contributed by atoms with van der Waals surface area (Å²) in [6.07, 6.45) is 2.17. The summed E-state index contributed by atoms with van der Waals surface area (Å²) in [7, 11) is 0. The van der Waals surface area contributed by atoms with Gasteiger partial charge in [-0.05, 0) is 22.4 Å². The van der Waals surface area contributed by atoms with E-state index in [2.05, 4.69) is 30.9 Å². The van der Waals surface area contributed by atoms with Gasteiger partial charge in [-0.15, -0.1) is 0 Å². The average molecular weight is 287 g/mol. The Bertz CT molecular complexity index is 558. The number of imidazole rings is 1. The number of aliphatic hydroxyl groups is 1. The normalized spacial score (nSPS) is 13.2. The fraction of sp³-hybridized carbons (Fsp3) is 0.444. The molecule has 0 saturated heterocycles. The summed E-state index contributed by atoms with van der Waals surface area (Å²) in [5.74, 6) is 0. The van der Waals surface area contributed by atoms with E-state index in [-0.39, 0.29) is 18.3 Å². The van der Waals surface area contributed by atoms with Crippen molar-refractivity contribution in [3.05, 3.63) is 21.3 Å². The summed E-state index contributed by atoms with van der Waals surface area (Å²) < 4.78 is 1.99. The lowest BCUT2D eigenvalue weighted by Crippen LogP contribution is -2.24. The number of fused-ring (bicyclic) bond motifs is 1. The maximum Gasteiger partial charge on any atom is 0.329 e. The van der Waals surface area contributed by atoms with Crippen molar-refractivity contribution in [2.45, 2.75) is 19.4 Å². The third-order valence-electron chi connectivity index (χ3n) is 2.44. The molecule has 0 aliphatic carbocycles. The van der Waals surface area contributed by atoms with Gasteiger partial charge in [0.15, 0.2) is 11.3 Å². The SMILES string of the molecule is CC[C@@H](CO)n1c(=O)[nH]c2ncc(Br)nc21. The van der Waals surface area contributed by atoms with Crippen LogP contribution in [-0.2, 0) is 0 Å². The molecule has 0 radical (unpaired) electrons. The molecule has 0 aromatic carbocycles. The van der Waals surface area contributed by atoms with Gasteiger partial charge in [0, 0.05) is 0 Å². The van der Waals surface area contributed by atoms with Crippen LogP contribution in [0.2, 0.25) is 0 Å². The molecule has 0 fully saturated rings. The van der Waals surface area contributed by atoms with Crippen LogP contribution >= 0.6 is 15.9 Å². The van der Waals surface area contributed by atoms with Gasteiger partial charge in [0.1, 0.15) is 4.60 Å². The average Bonchev–Trinajstić information content (AvgIpc) is 2.58. The Balaban J connectivity index is 2.71. The number of aromatic nitrogens is 4. The first kappa shape index (κ1) is 11.3. The van der Waals surface area contributed by atoms with E-state index in [9.17, 15) is 9.90 Å². The van der Waals surface area contributed by atoms with E-state index in [0.717, 1.165) is 0 Å². The molecule has 0 bridgehead atoms. The molecule has 2 rings (SSSR count). The summed E-state index contributed by atoms with van der Waals surface area (Å²) >= 11 is 3.20. The van der Waals surface area contributed by atoms with Crippen molar-refractivity contribution in [1.29, 1.82) is 0 Å². The van der Waals surface area contributed by atoms with Crippen molar-refractivity contribution in [2.24, 2.45) is 0 Å². The minimum atomic E-state index is -0.297. The summed E-state index contributed by atoms with van der Waals surface area (Å²) in [5, 5.41) is 9.22. The highest BCUT2D eigenvalue weighted by atomic mass is 79.9. The van der Waals surface area contributed by atoms with Crippen molar-refractivity contribution in [1.82, 2.24) is 19.5 Å². The van der Waals surface area contributed by atoms with Crippen LogP contribution in [-0.4, -0.2) is 31.2 Å². The number of nitrogens with one attached hydrogen (secondary N) is 1. The van der Waals surface area contributed by atoms with Crippen LogP contribution in [0.25, 0.3) is 11.3 Å². The maximum atomic E-state index is 11.7. The Labute approximate surface area is 99.5 Å². The van der Waals surface area contributed by atoms with Crippen LogP contribution in [0.15, 0.2) is 15.6 Å². The van der Waals surface area contributed by atoms with Gasteiger partial charge in [-0.25, -0.2) is 14.8 Å². The van der Waals surface area contributed by atoms with Crippen molar-refractivity contribution >= 4 is 27.2 Å². The van der Waals surface area contributed by atoms with E-state index in [1.54, 1.807) is 0 Å². The second-order valence-electron chi connectivity index (χ2n) is 3.41. The molecular formula is C9H11BrN4O2. The van der Waals surface area contributed by atoms with Crippen molar-refractivity contribution in [2.75, 3.05) is 6.61 Å². The minimum absolute atomic E-state index is 0.0996. The van der Waals surface area contributed by atoms with Crippen molar-refractivity contribution in [3.63, 3.8) is 0 Å². The van der Waals surface area contributed by atoms with Crippen LogP contribution in [0.4, 0.5) is 0 Å². The lowest BCUT2D eigenvalue weighted by molar-refractivity contribution is 0.224. The van der Waals surface area contributed by atoms with E-state index in [1.165, 1.54) is 10.8 Å². The molecule has 2 aromatic heterocycles. The van der Waals surface area contributed by atoms with Crippen LogP contribution in [0.1, 0.15) is 19.4 Å². The molecule has 0 aliphatic heterocycles. The van der Waals surface area contributed by atoms with Crippen LogP contribution in [0.3, 0.4) is 0 Å². The Morgan fingerprint density at radius 1 is 1.69 bits per heavy atom. The molecule has 2 heterocycles. The summed E-state index contributed by atoms with van der Waals surface area (Å²) in [6, 6.07) is -0.273. The highest BCUT2D eigenvalue weighted by Crippen LogP contribution is 2.15. The lowest BCUT2D eigenvalue weighted by atomic mass is 10.2. The lowest BCUT2D eigenvalue weighted by Gasteiger charge is -2.12. The van der Waals surface area contributed by atoms with Crippen LogP contribution < -0.4 is 5.69 Å². The molecule has 2 aromatic rings. The Kier molecular flexibility index (Phi) is 3.06. The largest absolute Gasteiger partial charge is 0.394 e. The standard InChI is InChI=1S/C9H11BrN4O2/c1-2-5(4-15)14-8-7(13-9(14)16)11-3-6(10)12-8/h3,5,15H,2,4H2,1H3,(H,11,13,16)/t5-/m0/s1. The van der Waals surface area contributed by atoms with Crippen molar-refractivity contribution in [3.8, 4) is 0 Å². The van der Waals surface area contributed by atoms with Gasteiger partial charge in [-0.1, -0.05) is 6.92 Å².